The molecule has 0 unspecified atom stereocenters. The highest BCUT2D eigenvalue weighted by Gasteiger charge is 2.30. The van der Waals surface area contributed by atoms with Gasteiger partial charge in [0.2, 0.25) is 0 Å². The van der Waals surface area contributed by atoms with Crippen LogP contribution in [0.25, 0.3) is 0 Å². The number of carbonyl (C=O) groups is 1. The zero-order valence-corrected chi connectivity index (χ0v) is 14.7. The smallest absolute Gasteiger partial charge is 0.368 e. The molecule has 3 aromatic rings. The fraction of sp³-hybridized carbons (Fsp3) is 0.150. The molecule has 2 aromatic carbocycles. The number of benzene rings is 2. The Labute approximate surface area is 159 Å². The van der Waals surface area contributed by atoms with Crippen LogP contribution in [-0.4, -0.2) is 22.4 Å². The first kappa shape index (κ1) is 19.3. The third-order valence-corrected chi connectivity index (χ3v) is 3.89. The number of aromatic nitrogens is 2. The molecule has 1 amide bonds. The van der Waals surface area contributed by atoms with Crippen LogP contribution in [0.15, 0.2) is 67.0 Å². The molecule has 0 aliphatic rings. The summed E-state index contributed by atoms with van der Waals surface area (Å²) in [5, 5.41) is 5.50. The van der Waals surface area contributed by atoms with Crippen molar-refractivity contribution in [1.29, 1.82) is 0 Å². The number of hydrogen-bond acceptors (Lipinski definition) is 4. The highest BCUT2D eigenvalue weighted by Crippen LogP contribution is 2.30. The topological polar surface area (TPSA) is 66.9 Å². The van der Waals surface area contributed by atoms with E-state index in [-0.39, 0.29) is 11.4 Å². The van der Waals surface area contributed by atoms with Crippen LogP contribution >= 0.6 is 0 Å². The van der Waals surface area contributed by atoms with Gasteiger partial charge in [-0.2, -0.15) is 13.2 Å². The lowest BCUT2D eigenvalue weighted by Crippen LogP contribution is -2.15. The Bertz CT molecular complexity index is 928. The molecular formula is C20H17F3N4O. The number of rotatable bonds is 6. The first-order valence-electron chi connectivity index (χ1n) is 8.50. The van der Waals surface area contributed by atoms with Gasteiger partial charge in [0.1, 0.15) is 11.5 Å². The van der Waals surface area contributed by atoms with Gasteiger partial charge in [0.05, 0.1) is 18.0 Å². The second-order valence-electron chi connectivity index (χ2n) is 5.98. The van der Waals surface area contributed by atoms with Crippen LogP contribution in [0.3, 0.4) is 0 Å². The van der Waals surface area contributed by atoms with Crippen molar-refractivity contribution in [2.45, 2.75) is 12.6 Å². The number of amides is 1. The summed E-state index contributed by atoms with van der Waals surface area (Å²) < 4.78 is 38.2. The van der Waals surface area contributed by atoms with Crippen LogP contribution < -0.4 is 10.6 Å². The van der Waals surface area contributed by atoms with E-state index in [1.165, 1.54) is 30.1 Å². The van der Waals surface area contributed by atoms with Crippen molar-refractivity contribution >= 4 is 17.4 Å². The summed E-state index contributed by atoms with van der Waals surface area (Å²) in [7, 11) is 0. The summed E-state index contributed by atoms with van der Waals surface area (Å²) in [6, 6.07) is 14.3. The number of halogens is 3. The van der Waals surface area contributed by atoms with Gasteiger partial charge in [0, 0.05) is 12.2 Å². The number of hydrogen-bond donors (Lipinski definition) is 2. The van der Waals surface area contributed by atoms with E-state index < -0.39 is 17.6 Å². The van der Waals surface area contributed by atoms with Crippen LogP contribution in [0.5, 0.6) is 0 Å². The minimum atomic E-state index is -4.48. The van der Waals surface area contributed by atoms with Gasteiger partial charge >= 0.3 is 6.18 Å². The normalized spacial score (nSPS) is 11.1. The highest BCUT2D eigenvalue weighted by molar-refractivity contribution is 6.02. The minimum absolute atomic E-state index is 0.00558. The van der Waals surface area contributed by atoms with Crippen molar-refractivity contribution in [3.63, 3.8) is 0 Å². The zero-order chi connectivity index (χ0) is 20.0. The van der Waals surface area contributed by atoms with Crippen molar-refractivity contribution in [3.8, 4) is 0 Å². The molecule has 1 aromatic heterocycles. The molecule has 0 aliphatic carbocycles. The summed E-state index contributed by atoms with van der Waals surface area (Å²) in [4.78, 5) is 20.3. The molecule has 0 fully saturated rings. The minimum Gasteiger partial charge on any atom is -0.368 e. The van der Waals surface area contributed by atoms with Gasteiger partial charge in [-0.3, -0.25) is 4.79 Å². The molecule has 2 N–H and O–H groups in total. The van der Waals surface area contributed by atoms with Gasteiger partial charge in [0.25, 0.3) is 5.91 Å². The second-order valence-corrected chi connectivity index (χ2v) is 5.98. The second kappa shape index (κ2) is 8.51. The molecular weight excluding hydrogens is 369 g/mol. The van der Waals surface area contributed by atoms with E-state index in [1.807, 2.05) is 30.3 Å². The summed E-state index contributed by atoms with van der Waals surface area (Å²) >= 11 is 0. The van der Waals surface area contributed by atoms with Crippen LogP contribution in [0.2, 0.25) is 0 Å². The molecule has 0 atom stereocenters. The Balaban J connectivity index is 1.56. The van der Waals surface area contributed by atoms with E-state index in [2.05, 4.69) is 20.6 Å². The number of nitrogens with zero attached hydrogens (tertiary/aromatic N) is 2. The molecule has 0 spiro atoms. The van der Waals surface area contributed by atoms with Crippen molar-refractivity contribution in [2.24, 2.45) is 0 Å². The molecule has 28 heavy (non-hydrogen) atoms. The molecule has 0 bridgehead atoms. The molecule has 8 heteroatoms. The van der Waals surface area contributed by atoms with Gasteiger partial charge in [-0.1, -0.05) is 36.4 Å². The number of carbonyl (C=O) groups excluding carboxylic acids is 1. The van der Waals surface area contributed by atoms with E-state index >= 15 is 0 Å². The Morgan fingerprint density at radius 1 is 0.964 bits per heavy atom. The van der Waals surface area contributed by atoms with Crippen LogP contribution in [0, 0.1) is 0 Å². The number of alkyl halides is 3. The number of nitrogens with one attached hydrogen (secondary N) is 2. The van der Waals surface area contributed by atoms with E-state index in [0.29, 0.717) is 12.4 Å². The molecule has 3 rings (SSSR count). The molecule has 5 nitrogen and oxygen atoms in total. The first-order valence-corrected chi connectivity index (χ1v) is 8.50. The van der Waals surface area contributed by atoms with Gasteiger partial charge in [-0.05, 0) is 30.2 Å². The molecule has 144 valence electrons. The molecule has 0 saturated carbocycles. The Morgan fingerprint density at radius 2 is 1.75 bits per heavy atom. The maximum atomic E-state index is 12.7. The van der Waals surface area contributed by atoms with E-state index in [4.69, 9.17) is 0 Å². The Hall–Kier alpha value is -3.42. The quantitative estimate of drug-likeness (QED) is 0.659. The van der Waals surface area contributed by atoms with Gasteiger partial charge < -0.3 is 10.6 Å². The van der Waals surface area contributed by atoms with Crippen LogP contribution in [0.1, 0.15) is 21.6 Å². The third-order valence-electron chi connectivity index (χ3n) is 3.89. The van der Waals surface area contributed by atoms with Gasteiger partial charge in [-0.25, -0.2) is 9.97 Å². The standard InChI is InChI=1S/C20H17F3N4O/c21-20(22,23)15-7-4-8-16(11-15)27-19(28)17-12-26-18(13-25-17)24-10-9-14-5-2-1-3-6-14/h1-8,11-13H,9-10H2,(H,24,26)(H,27,28). The largest absolute Gasteiger partial charge is 0.416 e. The Kier molecular flexibility index (Phi) is 5.88. The molecule has 0 radical (unpaired) electrons. The predicted octanol–water partition coefficient (Wildman–Crippen LogP) is 4.40. The van der Waals surface area contributed by atoms with Gasteiger partial charge in [0.15, 0.2) is 0 Å². The third kappa shape index (κ3) is 5.29. The lowest BCUT2D eigenvalue weighted by molar-refractivity contribution is -0.137. The lowest BCUT2D eigenvalue weighted by Gasteiger charge is -2.10. The zero-order valence-electron chi connectivity index (χ0n) is 14.7. The monoisotopic (exact) mass is 386 g/mol. The summed E-state index contributed by atoms with van der Waals surface area (Å²) in [5.41, 5.74) is 0.382. The average Bonchev–Trinajstić information content (AvgIpc) is 2.69. The van der Waals surface area contributed by atoms with E-state index in [1.54, 1.807) is 0 Å². The molecule has 0 saturated heterocycles. The SMILES string of the molecule is O=C(Nc1cccc(C(F)(F)F)c1)c1cnc(NCCc2ccccc2)cn1. The Morgan fingerprint density at radius 3 is 2.43 bits per heavy atom. The van der Waals surface area contributed by atoms with Crippen molar-refractivity contribution in [2.75, 3.05) is 17.2 Å². The van der Waals surface area contributed by atoms with Crippen LogP contribution in [-0.2, 0) is 12.6 Å². The number of anilines is 2. The lowest BCUT2D eigenvalue weighted by atomic mass is 10.1. The predicted molar refractivity (Wildman–Crippen MR) is 100 cm³/mol. The van der Waals surface area contributed by atoms with Crippen LogP contribution in [0.4, 0.5) is 24.7 Å². The van der Waals surface area contributed by atoms with Gasteiger partial charge in [-0.15, -0.1) is 0 Å². The molecule has 0 aliphatic heterocycles. The van der Waals surface area contributed by atoms with E-state index in [0.717, 1.165) is 18.6 Å². The maximum absolute atomic E-state index is 12.7. The molecule has 1 heterocycles. The summed E-state index contributed by atoms with van der Waals surface area (Å²) in [6.45, 7) is 0.647. The van der Waals surface area contributed by atoms with Crippen molar-refractivity contribution < 1.29 is 18.0 Å². The highest BCUT2D eigenvalue weighted by atomic mass is 19.4. The maximum Gasteiger partial charge on any atom is 0.416 e. The first-order chi connectivity index (χ1) is 13.4. The fourth-order valence-electron chi connectivity index (χ4n) is 2.48. The summed E-state index contributed by atoms with van der Waals surface area (Å²) in [5.74, 6) is -0.130. The van der Waals surface area contributed by atoms with Crippen molar-refractivity contribution in [1.82, 2.24) is 9.97 Å². The summed E-state index contributed by atoms with van der Waals surface area (Å²) in [6.07, 6.45) is -0.992. The fourth-order valence-corrected chi connectivity index (χ4v) is 2.48. The van der Waals surface area contributed by atoms with Crippen molar-refractivity contribution in [3.05, 3.63) is 83.8 Å². The van der Waals surface area contributed by atoms with E-state index in [9.17, 15) is 18.0 Å². The average molecular weight is 386 g/mol.